The Morgan fingerprint density at radius 1 is 0.704 bits per heavy atom. The molecular formula is C21H20N2O4. The van der Waals surface area contributed by atoms with Gasteiger partial charge in [-0.15, -0.1) is 0 Å². The van der Waals surface area contributed by atoms with E-state index in [1.165, 1.54) is 16.8 Å². The van der Waals surface area contributed by atoms with Crippen molar-refractivity contribution in [2.24, 2.45) is 35.5 Å². The van der Waals surface area contributed by atoms with Gasteiger partial charge in [-0.05, 0) is 37.1 Å². The molecule has 6 rings (SSSR count). The lowest BCUT2D eigenvalue weighted by molar-refractivity contribution is -0.138. The fraction of sp³-hybridized carbons (Fsp3) is 0.429. The van der Waals surface area contributed by atoms with Crippen molar-refractivity contribution >= 4 is 29.3 Å². The average molecular weight is 364 g/mol. The van der Waals surface area contributed by atoms with Gasteiger partial charge in [0.1, 0.15) is 0 Å². The van der Waals surface area contributed by atoms with Crippen LogP contribution in [0.3, 0.4) is 0 Å². The normalized spacial score (nSPS) is 36.7. The van der Waals surface area contributed by atoms with E-state index in [0.717, 1.165) is 11.1 Å². The molecule has 2 aliphatic heterocycles. The maximum Gasteiger partial charge on any atom is 0.238 e. The third-order valence-corrected chi connectivity index (χ3v) is 6.98. The van der Waals surface area contributed by atoms with E-state index in [2.05, 4.69) is 0 Å². The van der Waals surface area contributed by atoms with Crippen molar-refractivity contribution in [1.29, 1.82) is 0 Å². The number of aryl methyl sites for hydroxylation is 2. The second-order valence-corrected chi connectivity index (χ2v) is 8.16. The highest BCUT2D eigenvalue weighted by atomic mass is 16.2. The van der Waals surface area contributed by atoms with Gasteiger partial charge in [0.05, 0.1) is 29.4 Å². The number of anilines is 1. The van der Waals surface area contributed by atoms with Crippen LogP contribution >= 0.6 is 0 Å². The summed E-state index contributed by atoms with van der Waals surface area (Å²) in [5, 5.41) is 0. The molecule has 1 saturated carbocycles. The Kier molecular flexibility index (Phi) is 3.13. The minimum atomic E-state index is -0.557. The van der Waals surface area contributed by atoms with Gasteiger partial charge >= 0.3 is 0 Å². The van der Waals surface area contributed by atoms with Gasteiger partial charge in [0, 0.05) is 18.9 Å². The summed E-state index contributed by atoms with van der Waals surface area (Å²) in [5.74, 6) is -3.89. The van der Waals surface area contributed by atoms with Gasteiger partial charge in [-0.2, -0.15) is 0 Å². The quantitative estimate of drug-likeness (QED) is 0.558. The van der Waals surface area contributed by atoms with Gasteiger partial charge in [0.15, 0.2) is 0 Å². The molecule has 0 aromatic heterocycles. The second kappa shape index (κ2) is 5.15. The summed E-state index contributed by atoms with van der Waals surface area (Å²) in [6.45, 7) is 3.92. The maximum absolute atomic E-state index is 13.3. The second-order valence-electron chi connectivity index (χ2n) is 8.16. The summed E-state index contributed by atoms with van der Waals surface area (Å²) < 4.78 is 0. The van der Waals surface area contributed by atoms with Crippen molar-refractivity contribution < 1.29 is 19.2 Å². The number of allylic oxidation sites excluding steroid dienone is 2. The van der Waals surface area contributed by atoms with Crippen LogP contribution in [0.2, 0.25) is 0 Å². The summed E-state index contributed by atoms with van der Waals surface area (Å²) in [6.07, 6.45) is 3.76. The van der Waals surface area contributed by atoms with Crippen LogP contribution in [-0.4, -0.2) is 35.6 Å². The SMILES string of the molecule is Cc1ccc(N2C(=O)C3C4C=CC(C5C(=O)N(C)C(=O)C45)C3C2=O)cc1C. The summed E-state index contributed by atoms with van der Waals surface area (Å²) in [6, 6.07) is 5.54. The zero-order valence-electron chi connectivity index (χ0n) is 15.4. The van der Waals surface area contributed by atoms with E-state index in [0.29, 0.717) is 5.69 Å². The molecule has 4 amide bonds. The van der Waals surface area contributed by atoms with Crippen LogP contribution < -0.4 is 4.90 Å². The molecule has 6 heteroatoms. The molecule has 27 heavy (non-hydrogen) atoms. The third kappa shape index (κ3) is 1.85. The molecule has 138 valence electrons. The number of carbonyl (C=O) groups is 4. The molecule has 6 unspecified atom stereocenters. The lowest BCUT2D eigenvalue weighted by atomic mass is 9.54. The maximum atomic E-state index is 13.3. The summed E-state index contributed by atoms with van der Waals surface area (Å²) in [7, 11) is 1.49. The van der Waals surface area contributed by atoms with Crippen LogP contribution in [0.4, 0.5) is 5.69 Å². The molecule has 1 aromatic carbocycles. The molecular weight excluding hydrogens is 344 g/mol. The van der Waals surface area contributed by atoms with E-state index in [1.54, 1.807) is 6.07 Å². The van der Waals surface area contributed by atoms with Gasteiger partial charge in [-0.1, -0.05) is 18.2 Å². The average Bonchev–Trinajstić information content (AvgIpc) is 3.06. The highest BCUT2D eigenvalue weighted by Crippen LogP contribution is 2.57. The van der Waals surface area contributed by atoms with E-state index in [-0.39, 0.29) is 35.5 Å². The number of hydrogen-bond acceptors (Lipinski definition) is 4. The Morgan fingerprint density at radius 3 is 1.67 bits per heavy atom. The number of rotatable bonds is 1. The summed E-state index contributed by atoms with van der Waals surface area (Å²) in [5.41, 5.74) is 2.67. The van der Waals surface area contributed by atoms with Gasteiger partial charge in [0.2, 0.25) is 23.6 Å². The largest absolute Gasteiger partial charge is 0.285 e. The Morgan fingerprint density at radius 2 is 1.19 bits per heavy atom. The molecule has 3 fully saturated rings. The Balaban J connectivity index is 1.59. The predicted octanol–water partition coefficient (Wildman–Crippen LogP) is 1.46. The number of imide groups is 2. The fourth-order valence-corrected chi connectivity index (χ4v) is 5.49. The first-order chi connectivity index (χ1) is 12.8. The summed E-state index contributed by atoms with van der Waals surface area (Å²) >= 11 is 0. The smallest absolute Gasteiger partial charge is 0.238 e. The van der Waals surface area contributed by atoms with Gasteiger partial charge in [-0.25, -0.2) is 0 Å². The van der Waals surface area contributed by atoms with Crippen LogP contribution in [0.5, 0.6) is 0 Å². The first-order valence-corrected chi connectivity index (χ1v) is 9.27. The number of hydrogen-bond donors (Lipinski definition) is 0. The minimum absolute atomic E-state index is 0.229. The van der Waals surface area contributed by atoms with E-state index in [1.807, 2.05) is 38.1 Å². The van der Waals surface area contributed by atoms with Crippen molar-refractivity contribution in [3.63, 3.8) is 0 Å². The third-order valence-electron chi connectivity index (χ3n) is 6.98. The predicted molar refractivity (Wildman–Crippen MR) is 96.3 cm³/mol. The number of benzene rings is 1. The van der Waals surface area contributed by atoms with Crippen LogP contribution in [0.1, 0.15) is 11.1 Å². The molecule has 1 aromatic rings. The monoisotopic (exact) mass is 364 g/mol. The van der Waals surface area contributed by atoms with Crippen LogP contribution in [-0.2, 0) is 19.2 Å². The number of carbonyl (C=O) groups excluding carboxylic acids is 4. The van der Waals surface area contributed by atoms with E-state index < -0.39 is 23.7 Å². The first kappa shape index (κ1) is 16.4. The molecule has 2 heterocycles. The fourth-order valence-electron chi connectivity index (χ4n) is 5.49. The van der Waals surface area contributed by atoms with E-state index in [9.17, 15) is 19.2 Å². The minimum Gasteiger partial charge on any atom is -0.285 e. The first-order valence-electron chi connectivity index (χ1n) is 9.27. The molecule has 6 atom stereocenters. The van der Waals surface area contributed by atoms with E-state index >= 15 is 0 Å². The van der Waals surface area contributed by atoms with Crippen LogP contribution in [0.25, 0.3) is 0 Å². The van der Waals surface area contributed by atoms with Crippen LogP contribution in [0.15, 0.2) is 30.4 Å². The van der Waals surface area contributed by atoms with Crippen LogP contribution in [0, 0.1) is 49.4 Å². The van der Waals surface area contributed by atoms with Crippen molar-refractivity contribution in [3.05, 3.63) is 41.5 Å². The topological polar surface area (TPSA) is 74.8 Å². The molecule has 6 nitrogen and oxygen atoms in total. The lowest BCUT2D eigenvalue weighted by Gasteiger charge is -2.44. The molecule has 5 aliphatic rings. The highest BCUT2D eigenvalue weighted by molar-refractivity contribution is 6.23. The molecule has 0 N–H and O–H groups in total. The van der Waals surface area contributed by atoms with Crippen molar-refractivity contribution in [3.8, 4) is 0 Å². The molecule has 2 saturated heterocycles. The Hall–Kier alpha value is -2.76. The van der Waals surface area contributed by atoms with Gasteiger partial charge < -0.3 is 0 Å². The number of amides is 4. The van der Waals surface area contributed by atoms with Gasteiger partial charge in [-0.3, -0.25) is 29.0 Å². The highest BCUT2D eigenvalue weighted by Gasteiger charge is 2.68. The van der Waals surface area contributed by atoms with Crippen molar-refractivity contribution in [1.82, 2.24) is 4.90 Å². The zero-order valence-corrected chi connectivity index (χ0v) is 15.4. The molecule has 0 radical (unpaired) electrons. The standard InChI is InChI=1S/C21H20N2O4/c1-9-4-5-11(8-10(9)2)23-20(26)16-12-6-7-13(17(16)21(23)27)15-14(12)18(24)22(3)19(15)25/h4-8,12-17H,1-3H3. The molecule has 3 aliphatic carbocycles. The van der Waals surface area contributed by atoms with E-state index in [4.69, 9.17) is 0 Å². The molecule has 0 spiro atoms. The lowest BCUT2D eigenvalue weighted by Crippen LogP contribution is -2.50. The zero-order chi connectivity index (χ0) is 19.2. The number of nitrogens with zero attached hydrogens (tertiary/aromatic N) is 2. The van der Waals surface area contributed by atoms with Gasteiger partial charge in [0.25, 0.3) is 0 Å². The molecule has 2 bridgehead atoms. The Bertz CT molecular complexity index is 915. The Labute approximate surface area is 156 Å². The summed E-state index contributed by atoms with van der Waals surface area (Å²) in [4.78, 5) is 54.2. The number of likely N-dealkylation sites (tertiary alicyclic amines) is 1. The van der Waals surface area contributed by atoms with Crippen molar-refractivity contribution in [2.45, 2.75) is 13.8 Å². The van der Waals surface area contributed by atoms with Crippen molar-refractivity contribution in [2.75, 3.05) is 11.9 Å².